The van der Waals surface area contributed by atoms with E-state index < -0.39 is 5.60 Å². The number of ether oxygens (including phenoxy) is 1. The number of nitrogens with zero attached hydrogens (tertiary/aromatic N) is 1. The second kappa shape index (κ2) is 5.47. The van der Waals surface area contributed by atoms with Crippen molar-refractivity contribution in [2.24, 2.45) is 0 Å². The van der Waals surface area contributed by atoms with E-state index in [9.17, 15) is 5.11 Å². The maximum absolute atomic E-state index is 10.1. The van der Waals surface area contributed by atoms with Crippen molar-refractivity contribution in [3.63, 3.8) is 0 Å². The number of methoxy groups -OCH3 is 1. The number of aliphatic hydroxyl groups is 1. The molecule has 0 unspecified atom stereocenters. The zero-order chi connectivity index (χ0) is 13.2. The Hall–Kier alpha value is -0.770. The van der Waals surface area contributed by atoms with E-state index in [1.807, 2.05) is 18.2 Å². The van der Waals surface area contributed by atoms with Gasteiger partial charge in [0.15, 0.2) is 0 Å². The number of benzene rings is 1. The number of β-amino-alcohol motifs (C(OH)–C–C–N with tert-alkyl or cyclic N) is 1. The highest BCUT2D eigenvalue weighted by Crippen LogP contribution is 2.30. The summed E-state index contributed by atoms with van der Waals surface area (Å²) in [5.41, 5.74) is 0.587. The maximum atomic E-state index is 10.1. The molecule has 0 bridgehead atoms. The SMILES string of the molecule is CCCC1(O)CN(Cc2cc(Cl)ccc2OC)C1. The van der Waals surface area contributed by atoms with Crippen molar-refractivity contribution < 1.29 is 9.84 Å². The quantitative estimate of drug-likeness (QED) is 0.892. The highest BCUT2D eigenvalue weighted by atomic mass is 35.5. The van der Waals surface area contributed by atoms with Gasteiger partial charge in [0.2, 0.25) is 0 Å². The molecular formula is C14H20ClNO2. The molecule has 1 aromatic rings. The molecule has 4 heteroatoms. The van der Waals surface area contributed by atoms with Gasteiger partial charge in [-0.25, -0.2) is 0 Å². The lowest BCUT2D eigenvalue weighted by atomic mass is 9.89. The summed E-state index contributed by atoms with van der Waals surface area (Å²) in [5.74, 6) is 0.852. The fourth-order valence-corrected chi connectivity index (χ4v) is 2.83. The third kappa shape index (κ3) is 2.97. The first kappa shape index (κ1) is 13.7. The van der Waals surface area contributed by atoms with Crippen LogP contribution in [0, 0.1) is 0 Å². The summed E-state index contributed by atoms with van der Waals surface area (Å²) in [6, 6.07) is 5.64. The summed E-state index contributed by atoms with van der Waals surface area (Å²) in [7, 11) is 1.66. The lowest BCUT2D eigenvalue weighted by Crippen LogP contribution is -2.60. The minimum atomic E-state index is -0.486. The summed E-state index contributed by atoms with van der Waals surface area (Å²) in [4.78, 5) is 2.21. The zero-order valence-electron chi connectivity index (χ0n) is 10.9. The Bertz CT molecular complexity index is 416. The van der Waals surface area contributed by atoms with Gasteiger partial charge in [-0.3, -0.25) is 4.90 Å². The van der Waals surface area contributed by atoms with E-state index in [4.69, 9.17) is 16.3 Å². The average Bonchev–Trinajstić information content (AvgIpc) is 2.27. The highest BCUT2D eigenvalue weighted by Gasteiger charge is 2.40. The largest absolute Gasteiger partial charge is 0.496 e. The first-order chi connectivity index (χ1) is 8.56. The summed E-state index contributed by atoms with van der Waals surface area (Å²) in [5, 5.41) is 10.9. The van der Waals surface area contributed by atoms with Gasteiger partial charge in [-0.05, 0) is 24.6 Å². The van der Waals surface area contributed by atoms with Crippen LogP contribution in [0.4, 0.5) is 0 Å². The number of likely N-dealkylation sites (tertiary alicyclic amines) is 1. The number of hydrogen-bond donors (Lipinski definition) is 1. The van der Waals surface area contributed by atoms with Crippen molar-refractivity contribution in [2.45, 2.75) is 31.9 Å². The predicted octanol–water partition coefficient (Wildman–Crippen LogP) is 2.70. The van der Waals surface area contributed by atoms with E-state index in [1.54, 1.807) is 7.11 Å². The zero-order valence-corrected chi connectivity index (χ0v) is 11.7. The molecule has 3 nitrogen and oxygen atoms in total. The molecule has 1 aromatic carbocycles. The normalized spacial score (nSPS) is 18.4. The van der Waals surface area contributed by atoms with Crippen molar-refractivity contribution in [3.05, 3.63) is 28.8 Å². The van der Waals surface area contributed by atoms with Gasteiger partial charge >= 0.3 is 0 Å². The fourth-order valence-electron chi connectivity index (χ4n) is 2.63. The predicted molar refractivity (Wildman–Crippen MR) is 73.1 cm³/mol. The molecule has 18 heavy (non-hydrogen) atoms. The van der Waals surface area contributed by atoms with Gasteiger partial charge in [0, 0.05) is 30.2 Å². The molecule has 0 saturated carbocycles. The van der Waals surface area contributed by atoms with Gasteiger partial charge in [0.1, 0.15) is 5.75 Å². The van der Waals surface area contributed by atoms with Gasteiger partial charge in [-0.1, -0.05) is 24.9 Å². The standard InChI is InChI=1S/C14H20ClNO2/c1-3-6-14(17)9-16(10-14)8-11-7-12(15)4-5-13(11)18-2/h4-5,7,17H,3,6,8-10H2,1-2H3. The van der Waals surface area contributed by atoms with Gasteiger partial charge < -0.3 is 9.84 Å². The molecule has 1 fully saturated rings. The molecule has 2 rings (SSSR count). The van der Waals surface area contributed by atoms with E-state index >= 15 is 0 Å². The molecular weight excluding hydrogens is 250 g/mol. The molecule has 100 valence electrons. The molecule has 1 N–H and O–H groups in total. The average molecular weight is 270 g/mol. The van der Waals surface area contributed by atoms with E-state index in [2.05, 4.69) is 11.8 Å². The topological polar surface area (TPSA) is 32.7 Å². The molecule has 1 aliphatic rings. The van der Waals surface area contributed by atoms with Crippen LogP contribution in [0.15, 0.2) is 18.2 Å². The van der Waals surface area contributed by atoms with Gasteiger partial charge in [-0.15, -0.1) is 0 Å². The van der Waals surface area contributed by atoms with Crippen molar-refractivity contribution in [2.75, 3.05) is 20.2 Å². The van der Waals surface area contributed by atoms with Crippen LogP contribution >= 0.6 is 11.6 Å². The van der Waals surface area contributed by atoms with Crippen LogP contribution in [0.5, 0.6) is 5.75 Å². The van der Waals surface area contributed by atoms with Crippen LogP contribution in [0.1, 0.15) is 25.3 Å². The van der Waals surface area contributed by atoms with Crippen molar-refractivity contribution >= 4 is 11.6 Å². The Morgan fingerprint density at radius 2 is 2.17 bits per heavy atom. The van der Waals surface area contributed by atoms with E-state index in [0.29, 0.717) is 0 Å². The summed E-state index contributed by atoms with van der Waals surface area (Å²) >= 11 is 6.00. The van der Waals surface area contributed by atoms with Crippen LogP contribution in [0.3, 0.4) is 0 Å². The Balaban J connectivity index is 1.97. The third-order valence-electron chi connectivity index (χ3n) is 3.39. The summed E-state index contributed by atoms with van der Waals surface area (Å²) in [6.07, 6.45) is 1.89. The van der Waals surface area contributed by atoms with Crippen LogP contribution in [0.2, 0.25) is 5.02 Å². The Labute approximate surface area is 113 Å². The summed E-state index contributed by atoms with van der Waals surface area (Å²) in [6.45, 7) is 4.34. The molecule has 0 aliphatic carbocycles. The van der Waals surface area contributed by atoms with Crippen molar-refractivity contribution in [3.8, 4) is 5.75 Å². The molecule has 0 atom stereocenters. The van der Waals surface area contributed by atoms with Crippen LogP contribution in [-0.4, -0.2) is 35.8 Å². The number of halogens is 1. The smallest absolute Gasteiger partial charge is 0.123 e. The van der Waals surface area contributed by atoms with Crippen LogP contribution < -0.4 is 4.74 Å². The first-order valence-corrected chi connectivity index (χ1v) is 6.71. The molecule has 1 heterocycles. The van der Waals surface area contributed by atoms with E-state index in [1.165, 1.54) is 0 Å². The molecule has 0 amide bonds. The Kier molecular flexibility index (Phi) is 4.15. The van der Waals surface area contributed by atoms with Crippen LogP contribution in [-0.2, 0) is 6.54 Å². The monoisotopic (exact) mass is 269 g/mol. The van der Waals surface area contributed by atoms with Crippen LogP contribution in [0.25, 0.3) is 0 Å². The Morgan fingerprint density at radius 3 is 2.78 bits per heavy atom. The molecule has 0 spiro atoms. The highest BCUT2D eigenvalue weighted by molar-refractivity contribution is 6.30. The van der Waals surface area contributed by atoms with Crippen molar-refractivity contribution in [1.29, 1.82) is 0 Å². The number of rotatable bonds is 5. The van der Waals surface area contributed by atoms with E-state index in [-0.39, 0.29) is 0 Å². The maximum Gasteiger partial charge on any atom is 0.123 e. The molecule has 0 radical (unpaired) electrons. The van der Waals surface area contributed by atoms with Gasteiger partial charge in [-0.2, -0.15) is 0 Å². The lowest BCUT2D eigenvalue weighted by molar-refractivity contribution is -0.106. The lowest BCUT2D eigenvalue weighted by Gasteiger charge is -2.46. The minimum absolute atomic E-state index is 0.486. The summed E-state index contributed by atoms with van der Waals surface area (Å²) < 4.78 is 5.32. The minimum Gasteiger partial charge on any atom is -0.496 e. The van der Waals surface area contributed by atoms with Gasteiger partial charge in [0.05, 0.1) is 12.7 Å². The van der Waals surface area contributed by atoms with E-state index in [0.717, 1.165) is 48.8 Å². The molecule has 1 saturated heterocycles. The molecule has 1 aliphatic heterocycles. The fraction of sp³-hybridized carbons (Fsp3) is 0.571. The number of hydrogen-bond acceptors (Lipinski definition) is 3. The second-order valence-electron chi connectivity index (χ2n) is 5.08. The Morgan fingerprint density at radius 1 is 1.44 bits per heavy atom. The first-order valence-electron chi connectivity index (χ1n) is 6.33. The second-order valence-corrected chi connectivity index (χ2v) is 5.51. The van der Waals surface area contributed by atoms with Gasteiger partial charge in [0.25, 0.3) is 0 Å². The molecule has 0 aromatic heterocycles. The van der Waals surface area contributed by atoms with Crippen molar-refractivity contribution in [1.82, 2.24) is 4.90 Å². The third-order valence-corrected chi connectivity index (χ3v) is 3.62.